The van der Waals surface area contributed by atoms with Gasteiger partial charge >= 0.3 is 0 Å². The number of imidazole rings is 1. The highest BCUT2D eigenvalue weighted by Gasteiger charge is 2.20. The minimum atomic E-state index is 0.596. The van der Waals surface area contributed by atoms with Crippen LogP contribution < -0.4 is 11.0 Å². The molecule has 2 aliphatic heterocycles. The van der Waals surface area contributed by atoms with Crippen LogP contribution in [0, 0.1) is 0 Å². The average molecular weight is 209 g/mol. The van der Waals surface area contributed by atoms with E-state index in [2.05, 4.69) is 20.0 Å². The van der Waals surface area contributed by atoms with Crippen LogP contribution in [-0.4, -0.2) is 20.7 Å². The van der Waals surface area contributed by atoms with Gasteiger partial charge in [-0.25, -0.2) is 9.98 Å². The maximum absolute atomic E-state index is 4.56. The molecule has 4 heterocycles. The first kappa shape index (κ1) is 7.92. The maximum Gasteiger partial charge on any atom is 0.163 e. The quantitative estimate of drug-likeness (QED) is 0.524. The molecule has 2 aromatic heterocycles. The molecule has 0 atom stereocenters. The van der Waals surface area contributed by atoms with Gasteiger partial charge in [-0.2, -0.15) is 0 Å². The summed E-state index contributed by atoms with van der Waals surface area (Å²) in [6.07, 6.45) is 7.23. The molecule has 16 heavy (non-hydrogen) atoms. The van der Waals surface area contributed by atoms with Crippen molar-refractivity contribution in [2.75, 3.05) is 0 Å². The van der Waals surface area contributed by atoms with E-state index in [-0.39, 0.29) is 0 Å². The second-order valence-corrected chi connectivity index (χ2v) is 3.71. The number of nitrogens with zero attached hydrogens (tertiary/aromatic N) is 5. The largest absolute Gasteiger partial charge is 0.289 e. The van der Waals surface area contributed by atoms with Crippen molar-refractivity contribution in [3.8, 4) is 11.3 Å². The first-order valence-corrected chi connectivity index (χ1v) is 5.03. The molecule has 0 radical (unpaired) electrons. The van der Waals surface area contributed by atoms with Crippen molar-refractivity contribution in [3.05, 3.63) is 29.4 Å². The van der Waals surface area contributed by atoms with Crippen molar-refractivity contribution in [2.45, 2.75) is 6.67 Å². The van der Waals surface area contributed by atoms with Gasteiger partial charge < -0.3 is 0 Å². The molecular formula is C11H7N5. The predicted octanol–water partition coefficient (Wildman–Crippen LogP) is 0.0322. The minimum Gasteiger partial charge on any atom is -0.289 e. The van der Waals surface area contributed by atoms with Crippen LogP contribution in [-0.2, 0) is 6.67 Å². The summed E-state index contributed by atoms with van der Waals surface area (Å²) in [4.78, 5) is 17.4. The Morgan fingerprint density at radius 2 is 2.31 bits per heavy atom. The van der Waals surface area contributed by atoms with Crippen LogP contribution in [0.4, 0.5) is 5.69 Å². The van der Waals surface area contributed by atoms with Crippen LogP contribution in [0.25, 0.3) is 17.3 Å². The number of aromatic nitrogens is 3. The predicted molar refractivity (Wildman–Crippen MR) is 58.9 cm³/mol. The highest BCUT2D eigenvalue weighted by atomic mass is 15.2. The Labute approximate surface area is 90.5 Å². The summed E-state index contributed by atoms with van der Waals surface area (Å²) >= 11 is 0. The third-order valence-corrected chi connectivity index (χ3v) is 2.80. The van der Waals surface area contributed by atoms with E-state index in [4.69, 9.17) is 0 Å². The third-order valence-electron chi connectivity index (χ3n) is 2.80. The molecule has 0 aliphatic carbocycles. The van der Waals surface area contributed by atoms with Gasteiger partial charge in [0.1, 0.15) is 17.8 Å². The molecule has 0 aromatic carbocycles. The highest BCUT2D eigenvalue weighted by molar-refractivity contribution is 5.90. The lowest BCUT2D eigenvalue weighted by Gasteiger charge is -2.00. The number of pyridine rings is 1. The van der Waals surface area contributed by atoms with Crippen LogP contribution in [0.3, 0.4) is 0 Å². The molecule has 0 spiro atoms. The van der Waals surface area contributed by atoms with Gasteiger partial charge in [0, 0.05) is 24.2 Å². The Bertz CT molecular complexity index is 738. The highest BCUT2D eigenvalue weighted by Crippen LogP contribution is 2.29. The summed E-state index contributed by atoms with van der Waals surface area (Å²) in [7, 11) is 0. The molecule has 0 saturated carbocycles. The number of aliphatic imine (C=N–C) groups is 1. The van der Waals surface area contributed by atoms with E-state index in [1.807, 2.05) is 22.9 Å². The Hall–Kier alpha value is -2.30. The van der Waals surface area contributed by atoms with E-state index in [0.717, 1.165) is 27.9 Å². The Balaban J connectivity index is 2.14. The maximum atomic E-state index is 4.56. The van der Waals surface area contributed by atoms with Gasteiger partial charge in [-0.1, -0.05) is 0 Å². The monoisotopic (exact) mass is 209 g/mol. The minimum absolute atomic E-state index is 0.596. The fourth-order valence-corrected chi connectivity index (χ4v) is 2.05. The summed E-state index contributed by atoms with van der Waals surface area (Å²) < 4.78 is 2.01. The van der Waals surface area contributed by atoms with Gasteiger partial charge in [-0.15, -0.1) is 0 Å². The van der Waals surface area contributed by atoms with Gasteiger partial charge in [0.2, 0.25) is 0 Å². The second kappa shape index (κ2) is 2.63. The Morgan fingerprint density at radius 1 is 1.31 bits per heavy atom. The van der Waals surface area contributed by atoms with Crippen molar-refractivity contribution in [3.63, 3.8) is 0 Å². The lowest BCUT2D eigenvalue weighted by atomic mass is 10.2. The normalized spacial score (nSPS) is 14.8. The molecule has 0 saturated heterocycles. The lowest BCUT2D eigenvalue weighted by molar-refractivity contribution is 0.676. The van der Waals surface area contributed by atoms with Crippen LogP contribution in [0.5, 0.6) is 0 Å². The van der Waals surface area contributed by atoms with Gasteiger partial charge in [0.05, 0.1) is 5.69 Å². The zero-order chi connectivity index (χ0) is 10.5. The zero-order valence-electron chi connectivity index (χ0n) is 8.33. The number of hydrogen-bond donors (Lipinski definition) is 0. The molecule has 5 nitrogen and oxygen atoms in total. The van der Waals surface area contributed by atoms with Gasteiger partial charge in [0.25, 0.3) is 0 Å². The summed E-state index contributed by atoms with van der Waals surface area (Å²) in [6.45, 7) is 0.596. The first-order chi connectivity index (χ1) is 7.93. The van der Waals surface area contributed by atoms with E-state index in [9.17, 15) is 0 Å². The van der Waals surface area contributed by atoms with Crippen molar-refractivity contribution >= 4 is 18.0 Å². The summed E-state index contributed by atoms with van der Waals surface area (Å²) in [5.74, 6) is 0. The van der Waals surface area contributed by atoms with E-state index in [1.165, 1.54) is 0 Å². The van der Waals surface area contributed by atoms with Crippen molar-refractivity contribution in [2.24, 2.45) is 9.98 Å². The van der Waals surface area contributed by atoms with E-state index < -0.39 is 0 Å². The molecule has 0 unspecified atom stereocenters. The molecule has 0 fully saturated rings. The number of hydrogen-bond acceptors (Lipinski definition) is 4. The Morgan fingerprint density at radius 3 is 3.31 bits per heavy atom. The third kappa shape index (κ3) is 0.850. The molecule has 0 bridgehead atoms. The fraction of sp³-hybridized carbons (Fsp3) is 0.0909. The van der Waals surface area contributed by atoms with Crippen LogP contribution >= 0.6 is 0 Å². The topological polar surface area (TPSA) is 55.4 Å². The summed E-state index contributed by atoms with van der Waals surface area (Å²) in [5.41, 5.74) is 4.68. The van der Waals surface area contributed by atoms with E-state index in [1.54, 1.807) is 12.4 Å². The average Bonchev–Trinajstić information content (AvgIpc) is 2.85. The molecular weight excluding hydrogens is 202 g/mol. The zero-order valence-corrected chi connectivity index (χ0v) is 8.33. The summed E-state index contributed by atoms with van der Waals surface area (Å²) in [5, 5.41) is 0. The molecule has 5 heteroatoms. The van der Waals surface area contributed by atoms with Gasteiger partial charge in [-0.05, 0) is 12.1 Å². The van der Waals surface area contributed by atoms with Gasteiger partial charge in [0.15, 0.2) is 5.49 Å². The smallest absolute Gasteiger partial charge is 0.163 e. The molecule has 0 N–H and O–H groups in total. The molecule has 2 aromatic rings. The van der Waals surface area contributed by atoms with Crippen LogP contribution in [0.1, 0.15) is 0 Å². The lowest BCUT2D eigenvalue weighted by Crippen LogP contribution is -2.29. The van der Waals surface area contributed by atoms with Crippen molar-refractivity contribution in [1.29, 1.82) is 0 Å². The van der Waals surface area contributed by atoms with E-state index >= 15 is 0 Å². The number of fused-ring (bicyclic) bond motifs is 5. The van der Waals surface area contributed by atoms with E-state index in [0.29, 0.717) is 6.67 Å². The number of rotatable bonds is 0. The molecule has 2 aliphatic rings. The fourth-order valence-electron chi connectivity index (χ4n) is 2.05. The standard InChI is InChI=1S/C11H7N5/c1-3-12-5-7-8(1)14-11-10(7)15-9-2-4-13-6-16(9)11/h1-5H,6H2. The molecule has 0 amide bonds. The Kier molecular flexibility index (Phi) is 1.30. The first-order valence-electron chi connectivity index (χ1n) is 5.03. The second-order valence-electron chi connectivity index (χ2n) is 3.71. The van der Waals surface area contributed by atoms with Crippen molar-refractivity contribution < 1.29 is 0 Å². The van der Waals surface area contributed by atoms with Crippen molar-refractivity contribution in [1.82, 2.24) is 14.5 Å². The van der Waals surface area contributed by atoms with Crippen LogP contribution in [0.15, 0.2) is 28.4 Å². The van der Waals surface area contributed by atoms with Crippen LogP contribution in [0.2, 0.25) is 0 Å². The SMILES string of the molecule is C1=NCn2c(nc3c2=Nc2ccncc2-3)=C1. The molecule has 4 rings (SSSR count). The molecule has 76 valence electrons. The van der Waals surface area contributed by atoms with Gasteiger partial charge in [-0.3, -0.25) is 14.5 Å². The summed E-state index contributed by atoms with van der Waals surface area (Å²) in [6, 6.07) is 1.90.